The van der Waals surface area contributed by atoms with Gasteiger partial charge in [-0.2, -0.15) is 0 Å². The number of nitrogens with zero attached hydrogens (tertiary/aromatic N) is 1. The van der Waals surface area contributed by atoms with Crippen molar-refractivity contribution < 1.29 is 14.3 Å². The van der Waals surface area contributed by atoms with Gasteiger partial charge in [-0.3, -0.25) is 4.90 Å². The molecule has 1 aromatic heterocycles. The lowest BCUT2D eigenvalue weighted by atomic mass is 10.1. The topological polar surface area (TPSA) is 79.7 Å². The Morgan fingerprint density at radius 2 is 2.47 bits per heavy atom. The number of carboxylic acids is 1. The van der Waals surface area contributed by atoms with Gasteiger partial charge in [-0.1, -0.05) is 0 Å². The van der Waals surface area contributed by atoms with Crippen LogP contribution in [0.25, 0.3) is 0 Å². The second kappa shape index (κ2) is 4.89. The predicted molar refractivity (Wildman–Crippen MR) is 62.9 cm³/mol. The molecule has 0 radical (unpaired) electrons. The van der Waals surface area contributed by atoms with E-state index in [-0.39, 0.29) is 11.6 Å². The summed E-state index contributed by atoms with van der Waals surface area (Å²) in [5, 5.41) is 8.93. The zero-order valence-corrected chi connectivity index (χ0v) is 9.98. The van der Waals surface area contributed by atoms with E-state index in [9.17, 15) is 4.79 Å². The average Bonchev–Trinajstić information content (AvgIpc) is 2.59. The fraction of sp³-hybridized carbons (Fsp3) is 0.583. The summed E-state index contributed by atoms with van der Waals surface area (Å²) in [7, 11) is 0. The molecule has 3 N–H and O–H groups in total. The molecule has 0 saturated carbocycles. The molecule has 1 aromatic rings. The second-order valence-electron chi connectivity index (χ2n) is 4.63. The van der Waals surface area contributed by atoms with Crippen molar-refractivity contribution in [3.05, 3.63) is 23.2 Å². The van der Waals surface area contributed by atoms with Gasteiger partial charge in [-0.05, 0) is 32.4 Å². The molecular weight excluding hydrogens is 220 g/mol. The van der Waals surface area contributed by atoms with Crippen molar-refractivity contribution in [2.75, 3.05) is 13.1 Å². The fourth-order valence-electron chi connectivity index (χ4n) is 2.29. The molecule has 0 bridgehead atoms. The van der Waals surface area contributed by atoms with Crippen LogP contribution >= 0.6 is 0 Å². The number of aromatic carboxylic acids is 1. The summed E-state index contributed by atoms with van der Waals surface area (Å²) in [4.78, 5) is 13.1. The van der Waals surface area contributed by atoms with E-state index in [1.165, 1.54) is 0 Å². The summed E-state index contributed by atoms with van der Waals surface area (Å²) >= 11 is 0. The predicted octanol–water partition coefficient (Wildman–Crippen LogP) is 1.21. The van der Waals surface area contributed by atoms with Gasteiger partial charge in [-0.15, -0.1) is 0 Å². The highest BCUT2D eigenvalue weighted by Crippen LogP contribution is 2.18. The van der Waals surface area contributed by atoms with Crippen molar-refractivity contribution in [3.63, 3.8) is 0 Å². The summed E-state index contributed by atoms with van der Waals surface area (Å²) in [6.45, 7) is 4.16. The standard InChI is InChI=1S/C12H18N2O3/c1-8-11(12(15)16)5-10(17-8)7-14-4-2-3-9(13)6-14/h5,9H,2-4,6-7,13H2,1H3,(H,15,16). The van der Waals surface area contributed by atoms with Crippen molar-refractivity contribution >= 4 is 5.97 Å². The Balaban J connectivity index is 2.03. The minimum Gasteiger partial charge on any atom is -0.478 e. The SMILES string of the molecule is Cc1oc(CN2CCCC(N)C2)cc1C(=O)O. The van der Waals surface area contributed by atoms with E-state index in [0.717, 1.165) is 25.9 Å². The fourth-order valence-corrected chi connectivity index (χ4v) is 2.29. The Kier molecular flexibility index (Phi) is 3.49. The van der Waals surface area contributed by atoms with Gasteiger partial charge in [0.15, 0.2) is 0 Å². The minimum atomic E-state index is -0.937. The van der Waals surface area contributed by atoms with Crippen molar-refractivity contribution in [1.29, 1.82) is 0 Å². The molecule has 0 amide bonds. The van der Waals surface area contributed by atoms with Crippen LogP contribution < -0.4 is 5.73 Å². The molecule has 0 spiro atoms. The average molecular weight is 238 g/mol. The lowest BCUT2D eigenvalue weighted by Gasteiger charge is -2.29. The van der Waals surface area contributed by atoms with Crippen LogP contribution in [-0.4, -0.2) is 35.1 Å². The normalized spacial score (nSPS) is 21.6. The summed E-state index contributed by atoms with van der Waals surface area (Å²) < 4.78 is 5.45. The summed E-state index contributed by atoms with van der Waals surface area (Å²) in [5.41, 5.74) is 6.15. The first kappa shape index (κ1) is 12.1. The monoisotopic (exact) mass is 238 g/mol. The number of carbonyl (C=O) groups is 1. The van der Waals surface area contributed by atoms with Gasteiger partial charge in [-0.25, -0.2) is 4.79 Å². The first-order chi connectivity index (χ1) is 8.06. The zero-order chi connectivity index (χ0) is 12.4. The van der Waals surface area contributed by atoms with Crippen LogP contribution in [0.2, 0.25) is 0 Å². The van der Waals surface area contributed by atoms with Crippen LogP contribution in [0.15, 0.2) is 10.5 Å². The zero-order valence-electron chi connectivity index (χ0n) is 9.98. The van der Waals surface area contributed by atoms with E-state index in [1.807, 2.05) is 0 Å². The van der Waals surface area contributed by atoms with Gasteiger partial charge in [0.05, 0.1) is 6.54 Å². The largest absolute Gasteiger partial charge is 0.478 e. The molecule has 1 atom stereocenters. The van der Waals surface area contributed by atoms with Crippen LogP contribution in [-0.2, 0) is 6.54 Å². The van der Waals surface area contributed by atoms with Crippen molar-refractivity contribution in [2.45, 2.75) is 32.4 Å². The second-order valence-corrected chi connectivity index (χ2v) is 4.63. The van der Waals surface area contributed by atoms with Crippen molar-refractivity contribution in [2.24, 2.45) is 5.73 Å². The van der Waals surface area contributed by atoms with Crippen LogP contribution in [0.3, 0.4) is 0 Å². The smallest absolute Gasteiger partial charge is 0.339 e. The lowest BCUT2D eigenvalue weighted by molar-refractivity contribution is 0.0695. The highest BCUT2D eigenvalue weighted by molar-refractivity contribution is 5.88. The molecule has 1 aliphatic heterocycles. The molecular formula is C12H18N2O3. The number of nitrogens with two attached hydrogens (primary N) is 1. The number of furan rings is 1. The number of aryl methyl sites for hydroxylation is 1. The van der Waals surface area contributed by atoms with Gasteiger partial charge in [0, 0.05) is 12.6 Å². The molecule has 2 rings (SSSR count). The number of hydrogen-bond donors (Lipinski definition) is 2. The molecule has 94 valence electrons. The highest BCUT2D eigenvalue weighted by atomic mass is 16.4. The number of piperidine rings is 1. The Hall–Kier alpha value is -1.33. The maximum absolute atomic E-state index is 10.9. The Morgan fingerprint density at radius 3 is 3.06 bits per heavy atom. The minimum absolute atomic E-state index is 0.221. The van der Waals surface area contributed by atoms with Crippen LogP contribution in [0.4, 0.5) is 0 Å². The number of rotatable bonds is 3. The van der Waals surface area contributed by atoms with Crippen LogP contribution in [0.5, 0.6) is 0 Å². The molecule has 1 saturated heterocycles. The first-order valence-electron chi connectivity index (χ1n) is 5.87. The lowest BCUT2D eigenvalue weighted by Crippen LogP contribution is -2.42. The Bertz CT molecular complexity index is 414. The maximum Gasteiger partial charge on any atom is 0.339 e. The van der Waals surface area contributed by atoms with Gasteiger partial charge in [0.25, 0.3) is 0 Å². The third-order valence-corrected chi connectivity index (χ3v) is 3.12. The molecule has 1 aliphatic rings. The first-order valence-corrected chi connectivity index (χ1v) is 5.87. The molecule has 5 nitrogen and oxygen atoms in total. The van der Waals surface area contributed by atoms with Crippen LogP contribution in [0, 0.1) is 6.92 Å². The van der Waals surface area contributed by atoms with Crippen molar-refractivity contribution in [1.82, 2.24) is 4.90 Å². The number of likely N-dealkylation sites (tertiary alicyclic amines) is 1. The molecule has 1 fully saturated rings. The van der Waals surface area contributed by atoms with Gasteiger partial charge < -0.3 is 15.3 Å². The molecule has 2 heterocycles. The summed E-state index contributed by atoms with van der Waals surface area (Å²) in [5.74, 6) is 0.232. The molecule has 0 aliphatic carbocycles. The van der Waals surface area contributed by atoms with Gasteiger partial charge in [0.2, 0.25) is 0 Å². The highest BCUT2D eigenvalue weighted by Gasteiger charge is 2.20. The van der Waals surface area contributed by atoms with Crippen molar-refractivity contribution in [3.8, 4) is 0 Å². The van der Waals surface area contributed by atoms with E-state index in [0.29, 0.717) is 18.1 Å². The molecule has 1 unspecified atom stereocenters. The molecule has 17 heavy (non-hydrogen) atoms. The summed E-state index contributed by atoms with van der Waals surface area (Å²) in [6, 6.07) is 1.83. The van der Waals surface area contributed by atoms with Gasteiger partial charge in [0.1, 0.15) is 17.1 Å². The molecule has 5 heteroatoms. The number of hydrogen-bond acceptors (Lipinski definition) is 4. The summed E-state index contributed by atoms with van der Waals surface area (Å²) in [6.07, 6.45) is 2.15. The van der Waals surface area contributed by atoms with E-state index in [2.05, 4.69) is 4.90 Å². The van der Waals surface area contributed by atoms with E-state index >= 15 is 0 Å². The number of carboxylic acid groups (broad SMARTS) is 1. The quantitative estimate of drug-likeness (QED) is 0.827. The maximum atomic E-state index is 10.9. The Morgan fingerprint density at radius 1 is 1.71 bits per heavy atom. The van der Waals surface area contributed by atoms with Gasteiger partial charge >= 0.3 is 5.97 Å². The molecule has 0 aromatic carbocycles. The van der Waals surface area contributed by atoms with E-state index in [1.54, 1.807) is 13.0 Å². The van der Waals surface area contributed by atoms with Crippen LogP contribution in [0.1, 0.15) is 34.7 Å². The Labute approximate surface area is 100 Å². The third-order valence-electron chi connectivity index (χ3n) is 3.12. The third kappa shape index (κ3) is 2.87. The van der Waals surface area contributed by atoms with E-state index in [4.69, 9.17) is 15.3 Å². The van der Waals surface area contributed by atoms with E-state index < -0.39 is 5.97 Å².